The molecule has 1 aliphatic heterocycles. The van der Waals surface area contributed by atoms with Gasteiger partial charge in [-0.1, -0.05) is 62.2 Å². The molecule has 5 heteroatoms. The summed E-state index contributed by atoms with van der Waals surface area (Å²) in [6, 6.07) is 15.9. The number of piperidine rings is 1. The smallest absolute Gasteiger partial charge is 0.321 e. The minimum atomic E-state index is -0.644. The van der Waals surface area contributed by atoms with Crippen molar-refractivity contribution in [2.24, 2.45) is 0 Å². The maximum absolute atomic E-state index is 12.6. The number of amides is 2. The van der Waals surface area contributed by atoms with Crippen LogP contribution in [0.5, 0.6) is 0 Å². The first-order chi connectivity index (χ1) is 13.5. The van der Waals surface area contributed by atoms with Gasteiger partial charge < -0.3 is 15.3 Å². The Labute approximate surface area is 166 Å². The van der Waals surface area contributed by atoms with Crippen molar-refractivity contribution in [3.05, 3.63) is 65.7 Å². The van der Waals surface area contributed by atoms with Crippen LogP contribution in [0.1, 0.15) is 54.9 Å². The third kappa shape index (κ3) is 4.98. The second-order valence-corrected chi connectivity index (χ2v) is 7.52. The van der Waals surface area contributed by atoms with Crippen molar-refractivity contribution in [2.75, 3.05) is 18.4 Å². The van der Waals surface area contributed by atoms with Crippen molar-refractivity contribution < 1.29 is 14.7 Å². The van der Waals surface area contributed by atoms with Gasteiger partial charge in [-0.3, -0.25) is 4.79 Å². The SMILES string of the molecule is CCCCC1(O)CCN(C(=O)Nc2cccc(C(=O)c3ccccc3)c2)CC1. The molecule has 1 fully saturated rings. The van der Waals surface area contributed by atoms with E-state index in [1.165, 1.54) is 0 Å². The van der Waals surface area contributed by atoms with Crippen LogP contribution in [0.2, 0.25) is 0 Å². The largest absolute Gasteiger partial charge is 0.390 e. The number of hydrogen-bond donors (Lipinski definition) is 2. The number of nitrogens with one attached hydrogen (secondary N) is 1. The number of hydrogen-bond acceptors (Lipinski definition) is 3. The number of likely N-dealkylation sites (tertiary alicyclic amines) is 1. The van der Waals surface area contributed by atoms with Gasteiger partial charge in [0.2, 0.25) is 0 Å². The summed E-state index contributed by atoms with van der Waals surface area (Å²) in [4.78, 5) is 26.9. The lowest BCUT2D eigenvalue weighted by atomic mass is 9.87. The van der Waals surface area contributed by atoms with Crippen LogP contribution in [0.25, 0.3) is 0 Å². The molecule has 0 spiro atoms. The molecule has 0 atom stereocenters. The predicted molar refractivity (Wildman–Crippen MR) is 111 cm³/mol. The summed E-state index contributed by atoms with van der Waals surface area (Å²) in [6.07, 6.45) is 4.07. The second kappa shape index (κ2) is 9.02. The van der Waals surface area contributed by atoms with Crippen LogP contribution in [0.3, 0.4) is 0 Å². The minimum Gasteiger partial charge on any atom is -0.390 e. The maximum atomic E-state index is 12.6. The molecule has 0 unspecified atom stereocenters. The van der Waals surface area contributed by atoms with E-state index in [0.29, 0.717) is 42.7 Å². The molecular weight excluding hydrogens is 352 g/mol. The van der Waals surface area contributed by atoms with Crippen LogP contribution in [-0.4, -0.2) is 40.5 Å². The Kier molecular flexibility index (Phi) is 6.47. The van der Waals surface area contributed by atoms with Crippen molar-refractivity contribution in [3.63, 3.8) is 0 Å². The van der Waals surface area contributed by atoms with E-state index in [1.54, 1.807) is 41.3 Å². The first-order valence-corrected chi connectivity index (χ1v) is 9.99. The van der Waals surface area contributed by atoms with E-state index >= 15 is 0 Å². The van der Waals surface area contributed by atoms with Gasteiger partial charge in [-0.05, 0) is 31.4 Å². The topological polar surface area (TPSA) is 69.6 Å². The zero-order valence-corrected chi connectivity index (χ0v) is 16.4. The molecule has 3 rings (SSSR count). The standard InChI is InChI=1S/C23H28N2O3/c1-2-3-12-23(28)13-15-25(16-14-23)22(27)24-20-11-7-10-19(17-20)21(26)18-8-5-4-6-9-18/h4-11,17,28H,2-3,12-16H2,1H3,(H,24,27). The van der Waals surface area contributed by atoms with Gasteiger partial charge in [0.15, 0.2) is 5.78 Å². The van der Waals surface area contributed by atoms with E-state index < -0.39 is 5.60 Å². The molecule has 5 nitrogen and oxygen atoms in total. The van der Waals surface area contributed by atoms with Crippen LogP contribution < -0.4 is 5.32 Å². The summed E-state index contributed by atoms with van der Waals surface area (Å²) in [5.74, 6) is -0.0735. The number of urea groups is 1. The molecule has 2 aromatic carbocycles. The average Bonchev–Trinajstić information content (AvgIpc) is 2.73. The van der Waals surface area contributed by atoms with Crippen molar-refractivity contribution >= 4 is 17.5 Å². The van der Waals surface area contributed by atoms with Gasteiger partial charge in [0, 0.05) is 29.9 Å². The summed E-state index contributed by atoms with van der Waals surface area (Å²) >= 11 is 0. The fourth-order valence-corrected chi connectivity index (χ4v) is 3.58. The molecule has 1 saturated heterocycles. The Balaban J connectivity index is 1.60. The summed E-state index contributed by atoms with van der Waals surface area (Å²) in [7, 11) is 0. The lowest BCUT2D eigenvalue weighted by Gasteiger charge is -2.38. The molecule has 0 saturated carbocycles. The Bertz CT molecular complexity index is 812. The van der Waals surface area contributed by atoms with E-state index in [-0.39, 0.29) is 11.8 Å². The summed E-state index contributed by atoms with van der Waals surface area (Å²) in [5, 5.41) is 13.5. The zero-order chi connectivity index (χ0) is 20.0. The first kappa shape index (κ1) is 20.1. The number of rotatable bonds is 6. The van der Waals surface area contributed by atoms with Crippen LogP contribution >= 0.6 is 0 Å². The monoisotopic (exact) mass is 380 g/mol. The first-order valence-electron chi connectivity index (χ1n) is 9.99. The molecule has 28 heavy (non-hydrogen) atoms. The summed E-state index contributed by atoms with van der Waals surface area (Å²) in [6.45, 7) is 3.19. The predicted octanol–water partition coefficient (Wildman–Crippen LogP) is 4.47. The highest BCUT2D eigenvalue weighted by Gasteiger charge is 2.33. The zero-order valence-electron chi connectivity index (χ0n) is 16.4. The second-order valence-electron chi connectivity index (χ2n) is 7.52. The van der Waals surface area contributed by atoms with Gasteiger partial charge in [0.1, 0.15) is 0 Å². The Hall–Kier alpha value is -2.66. The maximum Gasteiger partial charge on any atom is 0.321 e. The van der Waals surface area contributed by atoms with Gasteiger partial charge in [-0.2, -0.15) is 0 Å². The van der Waals surface area contributed by atoms with Gasteiger partial charge >= 0.3 is 6.03 Å². The van der Waals surface area contributed by atoms with Crippen molar-refractivity contribution in [1.29, 1.82) is 0 Å². The lowest BCUT2D eigenvalue weighted by molar-refractivity contribution is -0.0194. The number of unbranched alkanes of at least 4 members (excludes halogenated alkanes) is 1. The van der Waals surface area contributed by atoms with Crippen molar-refractivity contribution in [2.45, 2.75) is 44.6 Å². The fourth-order valence-electron chi connectivity index (χ4n) is 3.58. The number of nitrogens with zero attached hydrogens (tertiary/aromatic N) is 1. The molecule has 2 aromatic rings. The summed E-state index contributed by atoms with van der Waals surface area (Å²) < 4.78 is 0. The molecule has 2 N–H and O–H groups in total. The molecule has 0 radical (unpaired) electrons. The van der Waals surface area contributed by atoms with E-state index in [4.69, 9.17) is 0 Å². The highest BCUT2D eigenvalue weighted by Crippen LogP contribution is 2.28. The highest BCUT2D eigenvalue weighted by atomic mass is 16.3. The molecule has 0 bridgehead atoms. The van der Waals surface area contributed by atoms with E-state index in [9.17, 15) is 14.7 Å². The van der Waals surface area contributed by atoms with Gasteiger partial charge in [0.05, 0.1) is 5.60 Å². The van der Waals surface area contributed by atoms with Crippen LogP contribution in [0, 0.1) is 0 Å². The van der Waals surface area contributed by atoms with Gasteiger partial charge in [-0.15, -0.1) is 0 Å². The number of carbonyl (C=O) groups is 2. The third-order valence-electron chi connectivity index (χ3n) is 5.39. The van der Waals surface area contributed by atoms with Crippen LogP contribution in [0.4, 0.5) is 10.5 Å². The van der Waals surface area contributed by atoms with Crippen molar-refractivity contribution in [1.82, 2.24) is 4.90 Å². The number of benzene rings is 2. The lowest BCUT2D eigenvalue weighted by Crippen LogP contribution is -2.48. The Morgan fingerprint density at radius 1 is 1.04 bits per heavy atom. The molecule has 1 heterocycles. The van der Waals surface area contributed by atoms with E-state index in [2.05, 4.69) is 12.2 Å². The normalized spacial score (nSPS) is 15.9. The number of aliphatic hydroxyl groups is 1. The molecule has 2 amide bonds. The average molecular weight is 380 g/mol. The summed E-state index contributed by atoms with van der Waals surface area (Å²) in [5.41, 5.74) is 1.11. The molecule has 0 aromatic heterocycles. The molecule has 148 valence electrons. The quantitative estimate of drug-likeness (QED) is 0.727. The number of anilines is 1. The molecule has 1 aliphatic rings. The van der Waals surface area contributed by atoms with Gasteiger partial charge in [0.25, 0.3) is 0 Å². The Morgan fingerprint density at radius 3 is 2.39 bits per heavy atom. The van der Waals surface area contributed by atoms with E-state index in [1.807, 2.05) is 18.2 Å². The molecule has 0 aliphatic carbocycles. The third-order valence-corrected chi connectivity index (χ3v) is 5.39. The van der Waals surface area contributed by atoms with E-state index in [0.717, 1.165) is 19.3 Å². The Morgan fingerprint density at radius 2 is 1.71 bits per heavy atom. The number of carbonyl (C=O) groups excluding carboxylic acids is 2. The van der Waals surface area contributed by atoms with Gasteiger partial charge in [-0.25, -0.2) is 4.79 Å². The van der Waals surface area contributed by atoms with Crippen LogP contribution in [-0.2, 0) is 0 Å². The highest BCUT2D eigenvalue weighted by molar-refractivity contribution is 6.09. The fraction of sp³-hybridized carbons (Fsp3) is 0.391. The minimum absolute atomic E-state index is 0.0735. The molecular formula is C23H28N2O3. The number of ketones is 1. The van der Waals surface area contributed by atoms with Crippen molar-refractivity contribution in [3.8, 4) is 0 Å². The van der Waals surface area contributed by atoms with Crippen LogP contribution in [0.15, 0.2) is 54.6 Å².